The van der Waals surface area contributed by atoms with E-state index in [1.807, 2.05) is 6.92 Å². The van der Waals surface area contributed by atoms with Crippen LogP contribution in [0.3, 0.4) is 0 Å². The molecule has 78 valence electrons. The van der Waals surface area contributed by atoms with Gasteiger partial charge in [-0.25, -0.2) is 0 Å². The fourth-order valence-electron chi connectivity index (χ4n) is 3.13. The SMILES string of the molecule is C/C=C1/C[C@@H]2C[C@](CN)(C(=O)O)[C@@H]2C1. The minimum Gasteiger partial charge on any atom is -0.481 e. The van der Waals surface area contributed by atoms with Crippen molar-refractivity contribution in [3.8, 4) is 0 Å². The highest BCUT2D eigenvalue weighted by Crippen LogP contribution is 2.60. The first-order chi connectivity index (χ1) is 6.64. The van der Waals surface area contributed by atoms with Gasteiger partial charge in [0.25, 0.3) is 0 Å². The van der Waals surface area contributed by atoms with Gasteiger partial charge in [-0.15, -0.1) is 0 Å². The van der Waals surface area contributed by atoms with Gasteiger partial charge in [-0.05, 0) is 38.0 Å². The van der Waals surface area contributed by atoms with Gasteiger partial charge in [0.05, 0.1) is 5.41 Å². The standard InChI is InChI=1S/C11H17NO2/c1-2-7-3-8-5-11(6-12,10(13)14)9(8)4-7/h2,8-9H,3-6,12H2,1H3,(H,13,14)/b7-2-/t8-,9-,11-/m1/s1. The molecule has 2 rings (SSSR count). The van der Waals surface area contributed by atoms with Crippen molar-refractivity contribution >= 4 is 5.97 Å². The van der Waals surface area contributed by atoms with Gasteiger partial charge in [0.15, 0.2) is 0 Å². The lowest BCUT2D eigenvalue weighted by Gasteiger charge is -2.48. The van der Waals surface area contributed by atoms with Gasteiger partial charge >= 0.3 is 5.97 Å². The first kappa shape index (κ1) is 9.71. The van der Waals surface area contributed by atoms with E-state index in [1.165, 1.54) is 5.57 Å². The van der Waals surface area contributed by atoms with Crippen LogP contribution in [0.4, 0.5) is 0 Å². The Morgan fingerprint density at radius 2 is 2.43 bits per heavy atom. The number of nitrogens with two attached hydrogens (primary N) is 1. The lowest BCUT2D eigenvalue weighted by molar-refractivity contribution is -0.164. The van der Waals surface area contributed by atoms with Gasteiger partial charge in [0.2, 0.25) is 0 Å². The van der Waals surface area contributed by atoms with Crippen molar-refractivity contribution < 1.29 is 9.90 Å². The zero-order valence-corrected chi connectivity index (χ0v) is 8.49. The maximum Gasteiger partial charge on any atom is 0.311 e. The third kappa shape index (κ3) is 1.05. The molecule has 14 heavy (non-hydrogen) atoms. The Hall–Kier alpha value is -0.830. The molecular weight excluding hydrogens is 178 g/mol. The highest BCUT2D eigenvalue weighted by Gasteiger charge is 2.60. The molecule has 0 spiro atoms. The van der Waals surface area contributed by atoms with Gasteiger partial charge in [0.1, 0.15) is 0 Å². The second kappa shape index (κ2) is 3.09. The molecule has 2 fully saturated rings. The van der Waals surface area contributed by atoms with Crippen LogP contribution in [0.2, 0.25) is 0 Å². The predicted molar refractivity (Wildman–Crippen MR) is 53.7 cm³/mol. The molecule has 3 nitrogen and oxygen atoms in total. The van der Waals surface area contributed by atoms with Gasteiger partial charge in [-0.2, -0.15) is 0 Å². The van der Waals surface area contributed by atoms with Crippen LogP contribution in [0.15, 0.2) is 11.6 Å². The van der Waals surface area contributed by atoms with Crippen molar-refractivity contribution in [2.75, 3.05) is 6.54 Å². The van der Waals surface area contributed by atoms with E-state index in [9.17, 15) is 9.90 Å². The first-order valence-electron chi connectivity index (χ1n) is 5.21. The average Bonchev–Trinajstić information content (AvgIpc) is 2.46. The van der Waals surface area contributed by atoms with E-state index in [4.69, 9.17) is 5.73 Å². The molecule has 2 aliphatic rings. The van der Waals surface area contributed by atoms with E-state index in [2.05, 4.69) is 6.08 Å². The fourth-order valence-corrected chi connectivity index (χ4v) is 3.13. The van der Waals surface area contributed by atoms with Crippen molar-refractivity contribution in [1.82, 2.24) is 0 Å². The number of allylic oxidation sites excluding steroid dienone is 2. The third-order valence-electron chi connectivity index (χ3n) is 4.11. The molecule has 0 saturated heterocycles. The number of hydrogen-bond donors (Lipinski definition) is 2. The molecule has 0 amide bonds. The molecule has 0 aromatic carbocycles. The van der Waals surface area contributed by atoms with Crippen LogP contribution in [0, 0.1) is 17.3 Å². The Balaban J connectivity index is 2.18. The largest absolute Gasteiger partial charge is 0.481 e. The monoisotopic (exact) mass is 195 g/mol. The number of aliphatic carboxylic acids is 1. The zero-order chi connectivity index (χ0) is 10.3. The molecule has 0 bridgehead atoms. The lowest BCUT2D eigenvalue weighted by atomic mass is 9.55. The van der Waals surface area contributed by atoms with Gasteiger partial charge in [-0.3, -0.25) is 4.79 Å². The summed E-state index contributed by atoms with van der Waals surface area (Å²) in [6.45, 7) is 2.32. The normalized spacial score (nSPS) is 43.4. The van der Waals surface area contributed by atoms with E-state index in [0.29, 0.717) is 18.4 Å². The summed E-state index contributed by atoms with van der Waals surface area (Å²) in [5, 5.41) is 9.19. The summed E-state index contributed by atoms with van der Waals surface area (Å²) >= 11 is 0. The molecule has 2 saturated carbocycles. The number of carbonyl (C=O) groups is 1. The van der Waals surface area contributed by atoms with Crippen molar-refractivity contribution in [1.29, 1.82) is 0 Å². The Labute approximate surface area is 84.0 Å². The predicted octanol–water partition coefficient (Wildman–Crippen LogP) is 1.39. The summed E-state index contributed by atoms with van der Waals surface area (Å²) in [6, 6.07) is 0. The van der Waals surface area contributed by atoms with E-state index < -0.39 is 11.4 Å². The summed E-state index contributed by atoms with van der Waals surface area (Å²) in [4.78, 5) is 11.2. The van der Waals surface area contributed by atoms with Gasteiger partial charge in [-0.1, -0.05) is 11.6 Å². The van der Waals surface area contributed by atoms with E-state index in [1.54, 1.807) is 0 Å². The number of rotatable bonds is 2. The summed E-state index contributed by atoms with van der Waals surface area (Å²) in [5.74, 6) is 0.190. The van der Waals surface area contributed by atoms with Crippen LogP contribution < -0.4 is 5.73 Å². The average molecular weight is 195 g/mol. The van der Waals surface area contributed by atoms with Crippen LogP contribution in [0.1, 0.15) is 26.2 Å². The molecular formula is C11H17NO2. The first-order valence-corrected chi connectivity index (χ1v) is 5.21. The Morgan fingerprint density at radius 1 is 1.71 bits per heavy atom. The molecule has 0 unspecified atom stereocenters. The summed E-state index contributed by atoms with van der Waals surface area (Å²) in [6.07, 6.45) is 4.95. The minimum atomic E-state index is -0.696. The van der Waals surface area contributed by atoms with E-state index in [-0.39, 0.29) is 0 Å². The smallest absolute Gasteiger partial charge is 0.311 e. The van der Waals surface area contributed by atoms with Crippen molar-refractivity contribution in [3.05, 3.63) is 11.6 Å². The second-order valence-corrected chi connectivity index (χ2v) is 4.59. The number of hydrogen-bond acceptors (Lipinski definition) is 2. The van der Waals surface area contributed by atoms with Crippen LogP contribution in [-0.4, -0.2) is 17.6 Å². The highest BCUT2D eigenvalue weighted by molar-refractivity contribution is 5.77. The third-order valence-corrected chi connectivity index (χ3v) is 4.11. The second-order valence-electron chi connectivity index (χ2n) is 4.59. The molecule has 0 aromatic heterocycles. The molecule has 3 atom stereocenters. The molecule has 0 radical (unpaired) electrons. The zero-order valence-electron chi connectivity index (χ0n) is 8.49. The van der Waals surface area contributed by atoms with Crippen LogP contribution in [0.25, 0.3) is 0 Å². The van der Waals surface area contributed by atoms with Crippen LogP contribution >= 0.6 is 0 Å². The Morgan fingerprint density at radius 3 is 2.93 bits per heavy atom. The fraction of sp³-hybridized carbons (Fsp3) is 0.727. The van der Waals surface area contributed by atoms with Crippen molar-refractivity contribution in [2.24, 2.45) is 23.0 Å². The van der Waals surface area contributed by atoms with Gasteiger partial charge < -0.3 is 10.8 Å². The minimum absolute atomic E-state index is 0.292. The molecule has 3 N–H and O–H groups in total. The maximum atomic E-state index is 11.2. The van der Waals surface area contributed by atoms with E-state index in [0.717, 1.165) is 19.3 Å². The topological polar surface area (TPSA) is 63.3 Å². The Kier molecular flexibility index (Phi) is 2.14. The molecule has 2 aliphatic carbocycles. The van der Waals surface area contributed by atoms with Crippen LogP contribution in [-0.2, 0) is 4.79 Å². The quantitative estimate of drug-likeness (QED) is 0.654. The number of carboxylic acids is 1. The number of fused-ring (bicyclic) bond motifs is 1. The van der Waals surface area contributed by atoms with Gasteiger partial charge in [0, 0.05) is 6.54 Å². The Bertz CT molecular complexity index is 298. The molecule has 3 heteroatoms. The van der Waals surface area contributed by atoms with Crippen LogP contribution in [0.5, 0.6) is 0 Å². The maximum absolute atomic E-state index is 11.2. The molecule has 0 aliphatic heterocycles. The van der Waals surface area contributed by atoms with Crippen molar-refractivity contribution in [2.45, 2.75) is 26.2 Å². The summed E-state index contributed by atoms with van der Waals surface area (Å²) in [5.41, 5.74) is 6.42. The highest BCUT2D eigenvalue weighted by atomic mass is 16.4. The lowest BCUT2D eigenvalue weighted by Crippen LogP contribution is -2.55. The summed E-state index contributed by atoms with van der Waals surface area (Å²) in [7, 11) is 0. The molecule has 0 heterocycles. The number of carboxylic acid groups (broad SMARTS) is 1. The molecule has 0 aromatic rings. The van der Waals surface area contributed by atoms with E-state index >= 15 is 0 Å². The summed E-state index contributed by atoms with van der Waals surface area (Å²) < 4.78 is 0. The van der Waals surface area contributed by atoms with Crippen molar-refractivity contribution in [3.63, 3.8) is 0 Å².